The van der Waals surface area contributed by atoms with Crippen LogP contribution in [0.5, 0.6) is 5.75 Å². The van der Waals surface area contributed by atoms with Crippen LogP contribution in [0.25, 0.3) is 22.0 Å². The summed E-state index contributed by atoms with van der Waals surface area (Å²) in [7, 11) is 1.58. The molecule has 0 amide bonds. The zero-order valence-corrected chi connectivity index (χ0v) is 13.5. The Morgan fingerprint density at radius 2 is 1.79 bits per heavy atom. The van der Waals surface area contributed by atoms with Gasteiger partial charge in [0.25, 0.3) is 5.56 Å². The molecule has 3 rings (SSSR count). The van der Waals surface area contributed by atoms with Crippen molar-refractivity contribution in [1.82, 2.24) is 4.98 Å². The molecule has 3 aromatic rings. The predicted octanol–water partition coefficient (Wildman–Crippen LogP) is 3.38. The van der Waals surface area contributed by atoms with Gasteiger partial charge in [0.1, 0.15) is 11.3 Å². The summed E-state index contributed by atoms with van der Waals surface area (Å²) in [5.41, 5.74) is 1.54. The van der Waals surface area contributed by atoms with Gasteiger partial charge in [-0.05, 0) is 30.7 Å². The monoisotopic (exact) mass is 323 g/mol. The van der Waals surface area contributed by atoms with E-state index in [1.165, 1.54) is 0 Å². The molecule has 0 fully saturated rings. The fraction of sp³-hybridized carbons (Fsp3) is 0.158. The van der Waals surface area contributed by atoms with E-state index in [4.69, 9.17) is 9.47 Å². The molecule has 122 valence electrons. The fourth-order valence-electron chi connectivity index (χ4n) is 2.70. The minimum absolute atomic E-state index is 0.0146. The Morgan fingerprint density at radius 1 is 1.08 bits per heavy atom. The molecular weight excluding hydrogens is 306 g/mol. The summed E-state index contributed by atoms with van der Waals surface area (Å²) in [5, 5.41) is 0.783. The number of nitrogens with one attached hydrogen (secondary N) is 1. The number of methoxy groups -OCH3 is 1. The second kappa shape index (κ2) is 6.58. The van der Waals surface area contributed by atoms with Gasteiger partial charge in [-0.15, -0.1) is 0 Å². The zero-order chi connectivity index (χ0) is 17.1. The van der Waals surface area contributed by atoms with Gasteiger partial charge in [0, 0.05) is 16.5 Å². The molecule has 0 saturated heterocycles. The van der Waals surface area contributed by atoms with Crippen molar-refractivity contribution in [3.8, 4) is 16.9 Å². The SMILES string of the molecule is CCOC(=O)c1c(-c2ccc(OC)cc2)c2ccccc2[nH]c1=O. The van der Waals surface area contributed by atoms with Gasteiger partial charge in [-0.2, -0.15) is 0 Å². The Kier molecular flexibility index (Phi) is 4.33. The van der Waals surface area contributed by atoms with Crippen molar-refractivity contribution in [3.05, 3.63) is 64.4 Å². The molecule has 0 aliphatic rings. The first-order chi connectivity index (χ1) is 11.7. The number of carbonyl (C=O) groups excluding carboxylic acids is 1. The molecule has 0 aliphatic heterocycles. The minimum atomic E-state index is -0.629. The Hall–Kier alpha value is -3.08. The number of aromatic amines is 1. The van der Waals surface area contributed by atoms with Crippen LogP contribution >= 0.6 is 0 Å². The molecule has 0 aliphatic carbocycles. The summed E-state index contributed by atoms with van der Waals surface area (Å²) in [4.78, 5) is 27.6. The maximum absolute atomic E-state index is 12.5. The number of esters is 1. The lowest BCUT2D eigenvalue weighted by atomic mass is 9.96. The highest BCUT2D eigenvalue weighted by Gasteiger charge is 2.21. The van der Waals surface area contributed by atoms with Gasteiger partial charge in [0.05, 0.1) is 13.7 Å². The number of hydrogen-bond acceptors (Lipinski definition) is 4. The molecule has 0 spiro atoms. The highest BCUT2D eigenvalue weighted by atomic mass is 16.5. The molecular formula is C19H17NO4. The minimum Gasteiger partial charge on any atom is -0.497 e. The number of pyridine rings is 1. The number of fused-ring (bicyclic) bond motifs is 1. The third-order valence-electron chi connectivity index (χ3n) is 3.78. The highest BCUT2D eigenvalue weighted by Crippen LogP contribution is 2.31. The van der Waals surface area contributed by atoms with Crippen molar-refractivity contribution >= 4 is 16.9 Å². The molecule has 5 nitrogen and oxygen atoms in total. The first-order valence-corrected chi connectivity index (χ1v) is 7.62. The topological polar surface area (TPSA) is 68.4 Å². The lowest BCUT2D eigenvalue weighted by Crippen LogP contribution is -2.21. The Morgan fingerprint density at radius 3 is 2.46 bits per heavy atom. The summed E-state index contributed by atoms with van der Waals surface area (Å²) in [6.07, 6.45) is 0. The van der Waals surface area contributed by atoms with Crippen LogP contribution in [-0.2, 0) is 4.74 Å². The molecule has 0 unspecified atom stereocenters. The quantitative estimate of drug-likeness (QED) is 0.747. The van der Waals surface area contributed by atoms with E-state index >= 15 is 0 Å². The van der Waals surface area contributed by atoms with Crippen molar-refractivity contribution in [2.24, 2.45) is 0 Å². The number of benzene rings is 2. The van der Waals surface area contributed by atoms with Gasteiger partial charge < -0.3 is 14.5 Å². The van der Waals surface area contributed by atoms with Crippen molar-refractivity contribution < 1.29 is 14.3 Å². The van der Waals surface area contributed by atoms with Crippen LogP contribution in [0.15, 0.2) is 53.3 Å². The first-order valence-electron chi connectivity index (χ1n) is 7.62. The van der Waals surface area contributed by atoms with Crippen molar-refractivity contribution in [1.29, 1.82) is 0 Å². The van der Waals surface area contributed by atoms with Crippen molar-refractivity contribution in [2.75, 3.05) is 13.7 Å². The number of carbonyl (C=O) groups is 1. The van der Waals surface area contributed by atoms with E-state index in [-0.39, 0.29) is 12.2 Å². The lowest BCUT2D eigenvalue weighted by molar-refractivity contribution is 0.0525. The third kappa shape index (κ3) is 2.76. The number of hydrogen-bond donors (Lipinski definition) is 1. The summed E-state index contributed by atoms with van der Waals surface area (Å²) >= 11 is 0. The van der Waals surface area contributed by atoms with Crippen LogP contribution in [-0.4, -0.2) is 24.7 Å². The molecule has 1 aromatic heterocycles. The van der Waals surface area contributed by atoms with E-state index in [1.807, 2.05) is 30.3 Å². The van der Waals surface area contributed by atoms with E-state index in [1.54, 1.807) is 32.2 Å². The van der Waals surface area contributed by atoms with Gasteiger partial charge >= 0.3 is 5.97 Å². The molecule has 0 radical (unpaired) electrons. The van der Waals surface area contributed by atoms with Gasteiger partial charge in [-0.3, -0.25) is 4.79 Å². The molecule has 24 heavy (non-hydrogen) atoms. The standard InChI is InChI=1S/C19H17NO4/c1-3-24-19(22)17-16(12-8-10-13(23-2)11-9-12)14-6-4-5-7-15(14)20-18(17)21/h4-11H,3H2,1-2H3,(H,20,21). The smallest absolute Gasteiger partial charge is 0.344 e. The highest BCUT2D eigenvalue weighted by molar-refractivity contribution is 6.06. The average molecular weight is 323 g/mol. The summed E-state index contributed by atoms with van der Waals surface area (Å²) in [5.74, 6) is 0.0703. The second-order valence-corrected chi connectivity index (χ2v) is 5.20. The molecule has 1 heterocycles. The Labute approximate surface area is 138 Å². The molecule has 0 saturated carbocycles. The van der Waals surface area contributed by atoms with E-state index in [9.17, 15) is 9.59 Å². The molecule has 1 N–H and O–H groups in total. The summed E-state index contributed by atoms with van der Waals surface area (Å²) < 4.78 is 10.3. The average Bonchev–Trinajstić information content (AvgIpc) is 2.60. The number of ether oxygens (including phenoxy) is 2. The van der Waals surface area contributed by atoms with Crippen molar-refractivity contribution in [3.63, 3.8) is 0 Å². The molecule has 5 heteroatoms. The zero-order valence-electron chi connectivity index (χ0n) is 13.5. The fourth-order valence-corrected chi connectivity index (χ4v) is 2.70. The van der Waals surface area contributed by atoms with Crippen LogP contribution in [0.1, 0.15) is 17.3 Å². The second-order valence-electron chi connectivity index (χ2n) is 5.20. The molecule has 2 aromatic carbocycles. The van der Waals surface area contributed by atoms with Crippen molar-refractivity contribution in [2.45, 2.75) is 6.92 Å². The van der Waals surface area contributed by atoms with E-state index < -0.39 is 11.5 Å². The van der Waals surface area contributed by atoms with Crippen LogP contribution < -0.4 is 10.3 Å². The number of aromatic nitrogens is 1. The predicted molar refractivity (Wildman–Crippen MR) is 92.5 cm³/mol. The van der Waals surface area contributed by atoms with E-state index in [2.05, 4.69) is 4.98 Å². The van der Waals surface area contributed by atoms with Gasteiger partial charge in [-0.25, -0.2) is 4.79 Å². The van der Waals surface area contributed by atoms with Gasteiger partial charge in [-0.1, -0.05) is 30.3 Å². The summed E-state index contributed by atoms with van der Waals surface area (Å²) in [6, 6.07) is 14.6. The number of H-pyrrole nitrogens is 1. The Bertz CT molecular complexity index is 942. The van der Waals surface area contributed by atoms with Crippen LogP contribution in [0.2, 0.25) is 0 Å². The maximum atomic E-state index is 12.5. The normalized spacial score (nSPS) is 10.6. The molecule has 0 atom stereocenters. The van der Waals surface area contributed by atoms with Crippen LogP contribution in [0.4, 0.5) is 0 Å². The van der Waals surface area contributed by atoms with Gasteiger partial charge in [0.15, 0.2) is 0 Å². The largest absolute Gasteiger partial charge is 0.497 e. The molecule has 0 bridgehead atoms. The van der Waals surface area contributed by atoms with Gasteiger partial charge in [0.2, 0.25) is 0 Å². The van der Waals surface area contributed by atoms with E-state index in [0.29, 0.717) is 16.8 Å². The summed E-state index contributed by atoms with van der Waals surface area (Å²) in [6.45, 7) is 1.91. The number of para-hydroxylation sites is 1. The lowest BCUT2D eigenvalue weighted by Gasteiger charge is -2.12. The number of rotatable bonds is 4. The van der Waals surface area contributed by atoms with Crippen LogP contribution in [0, 0.1) is 0 Å². The Balaban J connectivity index is 2.34. The third-order valence-corrected chi connectivity index (χ3v) is 3.78. The van der Waals surface area contributed by atoms with Crippen LogP contribution in [0.3, 0.4) is 0 Å². The first kappa shape index (κ1) is 15.8. The van der Waals surface area contributed by atoms with E-state index in [0.717, 1.165) is 10.9 Å². The maximum Gasteiger partial charge on any atom is 0.344 e.